The number of hydrogen-bond donors (Lipinski definition) is 2. The molecule has 3 heterocycles. The van der Waals surface area contributed by atoms with Crippen molar-refractivity contribution in [1.29, 1.82) is 0 Å². The summed E-state index contributed by atoms with van der Waals surface area (Å²) in [7, 11) is 0. The lowest BCUT2D eigenvalue weighted by molar-refractivity contribution is -0.136. The molecule has 0 saturated carbocycles. The van der Waals surface area contributed by atoms with Gasteiger partial charge < -0.3 is 19.9 Å². The monoisotopic (exact) mass is 428 g/mol. The lowest BCUT2D eigenvalue weighted by Gasteiger charge is -2.29. The molecule has 2 atom stereocenters. The van der Waals surface area contributed by atoms with Crippen molar-refractivity contribution >= 4 is 29.5 Å². The Morgan fingerprint density at radius 3 is 2.68 bits per heavy atom. The predicted octanol–water partition coefficient (Wildman–Crippen LogP) is 1.55. The van der Waals surface area contributed by atoms with Gasteiger partial charge in [0.05, 0.1) is 6.04 Å². The normalized spacial score (nSPS) is 23.6. The zero-order chi connectivity index (χ0) is 22.3. The van der Waals surface area contributed by atoms with E-state index in [1.807, 2.05) is 32.9 Å². The summed E-state index contributed by atoms with van der Waals surface area (Å²) in [6.07, 6.45) is 0.972. The van der Waals surface area contributed by atoms with E-state index in [0.717, 1.165) is 24.2 Å². The molecule has 0 aliphatic carbocycles. The van der Waals surface area contributed by atoms with Crippen LogP contribution in [0.5, 0.6) is 0 Å². The molecule has 2 N–H and O–H groups in total. The summed E-state index contributed by atoms with van der Waals surface area (Å²) < 4.78 is 5.33. The fourth-order valence-corrected chi connectivity index (χ4v) is 4.34. The van der Waals surface area contributed by atoms with Crippen LogP contribution in [-0.2, 0) is 20.9 Å². The molecule has 2 unspecified atom stereocenters. The summed E-state index contributed by atoms with van der Waals surface area (Å²) in [4.78, 5) is 52.2. The van der Waals surface area contributed by atoms with Crippen LogP contribution >= 0.6 is 0 Å². The molecule has 0 bridgehead atoms. The highest BCUT2D eigenvalue weighted by molar-refractivity contribution is 6.05. The largest absolute Gasteiger partial charge is 0.444 e. The number of alkyl carbamates (subject to hydrolysis) is 1. The molecule has 0 aromatic heterocycles. The van der Waals surface area contributed by atoms with Gasteiger partial charge in [0, 0.05) is 37.3 Å². The van der Waals surface area contributed by atoms with Crippen molar-refractivity contribution < 1.29 is 23.9 Å². The SMILES string of the molecule is CC(C)(C)OC(=O)NC1CCN(c2ccc3c(c2)CN(C2CCC(=O)NC2=O)C3=O)C1. The van der Waals surface area contributed by atoms with Gasteiger partial charge in [-0.05, 0) is 57.4 Å². The van der Waals surface area contributed by atoms with Crippen molar-refractivity contribution in [3.63, 3.8) is 0 Å². The number of anilines is 1. The van der Waals surface area contributed by atoms with Crippen LogP contribution in [0.2, 0.25) is 0 Å². The van der Waals surface area contributed by atoms with E-state index >= 15 is 0 Å². The number of hydrogen-bond acceptors (Lipinski definition) is 6. The minimum absolute atomic E-state index is 0.00953. The third-order valence-corrected chi connectivity index (χ3v) is 5.78. The molecule has 4 amide bonds. The van der Waals surface area contributed by atoms with Gasteiger partial charge in [-0.1, -0.05) is 0 Å². The van der Waals surface area contributed by atoms with E-state index in [-0.39, 0.29) is 24.3 Å². The molecule has 3 aliphatic rings. The Morgan fingerprint density at radius 2 is 1.97 bits per heavy atom. The second-order valence-electron chi connectivity index (χ2n) is 9.32. The molecule has 9 heteroatoms. The number of nitrogens with one attached hydrogen (secondary N) is 2. The molecule has 0 spiro atoms. The Balaban J connectivity index is 1.40. The summed E-state index contributed by atoms with van der Waals surface area (Å²) in [6.45, 7) is 7.28. The highest BCUT2D eigenvalue weighted by Gasteiger charge is 2.39. The van der Waals surface area contributed by atoms with E-state index in [9.17, 15) is 19.2 Å². The van der Waals surface area contributed by atoms with E-state index < -0.39 is 23.6 Å². The lowest BCUT2D eigenvalue weighted by Crippen LogP contribution is -2.52. The molecule has 9 nitrogen and oxygen atoms in total. The van der Waals surface area contributed by atoms with Crippen LogP contribution in [0.15, 0.2) is 18.2 Å². The maximum Gasteiger partial charge on any atom is 0.407 e. The Hall–Kier alpha value is -3.10. The van der Waals surface area contributed by atoms with Gasteiger partial charge in [0.1, 0.15) is 11.6 Å². The summed E-state index contributed by atoms with van der Waals surface area (Å²) >= 11 is 0. The van der Waals surface area contributed by atoms with E-state index in [2.05, 4.69) is 15.5 Å². The maximum atomic E-state index is 12.8. The summed E-state index contributed by atoms with van der Waals surface area (Å²) in [5, 5.41) is 5.24. The fourth-order valence-electron chi connectivity index (χ4n) is 4.34. The molecule has 1 aromatic carbocycles. The van der Waals surface area contributed by atoms with Crippen LogP contribution in [0.1, 0.15) is 56.0 Å². The van der Waals surface area contributed by atoms with Crippen LogP contribution < -0.4 is 15.5 Å². The number of nitrogens with zero attached hydrogens (tertiary/aromatic N) is 2. The summed E-state index contributed by atoms with van der Waals surface area (Å²) in [5.41, 5.74) is 1.90. The first-order chi connectivity index (χ1) is 14.6. The van der Waals surface area contributed by atoms with Crippen LogP contribution in [0.25, 0.3) is 0 Å². The van der Waals surface area contributed by atoms with E-state index in [4.69, 9.17) is 4.74 Å². The molecular weight excluding hydrogens is 400 g/mol. The van der Waals surface area contributed by atoms with Crippen LogP contribution in [0.4, 0.5) is 10.5 Å². The van der Waals surface area contributed by atoms with Gasteiger partial charge in [-0.2, -0.15) is 0 Å². The quantitative estimate of drug-likeness (QED) is 0.708. The van der Waals surface area contributed by atoms with Crippen molar-refractivity contribution in [3.05, 3.63) is 29.3 Å². The first-order valence-electron chi connectivity index (χ1n) is 10.6. The number of ether oxygens (including phenoxy) is 1. The first kappa shape index (κ1) is 21.1. The van der Waals surface area contributed by atoms with Gasteiger partial charge in [0.2, 0.25) is 11.8 Å². The molecule has 3 aliphatic heterocycles. The summed E-state index contributed by atoms with van der Waals surface area (Å²) in [6, 6.07) is 5.06. The van der Waals surface area contributed by atoms with Crippen molar-refractivity contribution in [2.24, 2.45) is 0 Å². The Morgan fingerprint density at radius 1 is 1.19 bits per heavy atom. The first-order valence-corrected chi connectivity index (χ1v) is 10.6. The van der Waals surface area contributed by atoms with Crippen molar-refractivity contribution in [3.8, 4) is 0 Å². The standard InChI is InChI=1S/C22H28N4O5/c1-22(2,3)31-21(30)23-14-8-9-25(12-14)15-4-5-16-13(10-15)11-26(20(16)29)17-6-7-18(27)24-19(17)28/h4-5,10,14,17H,6-9,11-12H2,1-3H3,(H,23,30)(H,24,27,28). The average molecular weight is 428 g/mol. The third-order valence-electron chi connectivity index (χ3n) is 5.78. The number of carbonyl (C=O) groups excluding carboxylic acids is 4. The number of imide groups is 1. The van der Waals surface area contributed by atoms with Gasteiger partial charge >= 0.3 is 6.09 Å². The minimum Gasteiger partial charge on any atom is -0.444 e. The number of fused-ring (bicyclic) bond motifs is 1. The molecular formula is C22H28N4O5. The smallest absolute Gasteiger partial charge is 0.407 e. The van der Waals surface area contributed by atoms with Crippen molar-refractivity contribution in [1.82, 2.24) is 15.5 Å². The molecule has 1 aromatic rings. The molecule has 2 fully saturated rings. The second-order valence-corrected chi connectivity index (χ2v) is 9.32. The van der Waals surface area contributed by atoms with Crippen LogP contribution in [0.3, 0.4) is 0 Å². The zero-order valence-corrected chi connectivity index (χ0v) is 18.1. The van der Waals surface area contributed by atoms with Gasteiger partial charge in [-0.15, -0.1) is 0 Å². The molecule has 0 radical (unpaired) electrons. The molecule has 166 valence electrons. The Kier molecular flexibility index (Phi) is 5.36. The van der Waals surface area contributed by atoms with Gasteiger partial charge in [0.25, 0.3) is 5.91 Å². The Bertz CT molecular complexity index is 938. The van der Waals surface area contributed by atoms with Crippen LogP contribution in [0, 0.1) is 0 Å². The Labute approximate surface area is 181 Å². The number of rotatable bonds is 3. The average Bonchev–Trinajstić information content (AvgIpc) is 3.25. The zero-order valence-electron chi connectivity index (χ0n) is 18.1. The minimum atomic E-state index is -0.616. The van der Waals surface area contributed by atoms with Gasteiger partial charge in [0.15, 0.2) is 0 Å². The van der Waals surface area contributed by atoms with Crippen molar-refractivity contribution in [2.45, 2.75) is 64.3 Å². The van der Waals surface area contributed by atoms with E-state index in [1.165, 1.54) is 0 Å². The van der Waals surface area contributed by atoms with E-state index in [0.29, 0.717) is 25.1 Å². The highest BCUT2D eigenvalue weighted by atomic mass is 16.6. The molecule has 2 saturated heterocycles. The third kappa shape index (κ3) is 4.50. The highest BCUT2D eigenvalue weighted by Crippen LogP contribution is 2.31. The number of carbonyl (C=O) groups is 4. The molecule has 31 heavy (non-hydrogen) atoms. The fraction of sp³-hybridized carbons (Fsp3) is 0.545. The second kappa shape index (κ2) is 7.86. The van der Waals surface area contributed by atoms with E-state index in [1.54, 1.807) is 11.0 Å². The maximum absolute atomic E-state index is 12.8. The topological polar surface area (TPSA) is 108 Å². The van der Waals surface area contributed by atoms with Crippen molar-refractivity contribution in [2.75, 3.05) is 18.0 Å². The molecule has 4 rings (SSSR count). The van der Waals surface area contributed by atoms with Crippen LogP contribution in [-0.4, -0.2) is 59.5 Å². The lowest BCUT2D eigenvalue weighted by atomic mass is 10.0. The van der Waals surface area contributed by atoms with Gasteiger partial charge in [-0.3, -0.25) is 19.7 Å². The number of benzene rings is 1. The number of piperidine rings is 1. The predicted molar refractivity (Wildman–Crippen MR) is 112 cm³/mol. The number of amides is 4. The van der Waals surface area contributed by atoms with Gasteiger partial charge in [-0.25, -0.2) is 4.79 Å². The summed E-state index contributed by atoms with van der Waals surface area (Å²) in [5.74, 6) is -0.883.